The molecule has 0 aromatic heterocycles. The summed E-state index contributed by atoms with van der Waals surface area (Å²) in [5.74, 6) is -0.583. The zero-order valence-electron chi connectivity index (χ0n) is 11.2. The van der Waals surface area contributed by atoms with Gasteiger partial charge in [0.1, 0.15) is 11.9 Å². The number of piperidine rings is 1. The van der Waals surface area contributed by atoms with Gasteiger partial charge in [0.15, 0.2) is 0 Å². The van der Waals surface area contributed by atoms with E-state index in [0.717, 1.165) is 31.5 Å². The van der Waals surface area contributed by atoms with Crippen molar-refractivity contribution in [3.8, 4) is 0 Å². The minimum absolute atomic E-state index is 0.249. The molecule has 1 heterocycles. The molecule has 104 valence electrons. The second-order valence-corrected chi connectivity index (χ2v) is 4.88. The Bertz CT molecular complexity index is 464. The van der Waals surface area contributed by atoms with E-state index in [-0.39, 0.29) is 17.8 Å². The highest BCUT2D eigenvalue weighted by atomic mass is 19.1. The van der Waals surface area contributed by atoms with Crippen molar-refractivity contribution in [3.63, 3.8) is 0 Å². The third-order valence-electron chi connectivity index (χ3n) is 3.59. The van der Waals surface area contributed by atoms with E-state index in [2.05, 4.69) is 5.32 Å². The maximum Gasteiger partial charge on any atom is 0.240 e. The average Bonchev–Trinajstić information content (AvgIpc) is 2.41. The van der Waals surface area contributed by atoms with Gasteiger partial charge in [-0.25, -0.2) is 4.39 Å². The Morgan fingerprint density at radius 3 is 3.00 bits per heavy atom. The smallest absolute Gasteiger partial charge is 0.240 e. The molecule has 0 aliphatic carbocycles. The highest BCUT2D eigenvalue weighted by Gasteiger charge is 2.28. The Balaban J connectivity index is 2.38. The van der Waals surface area contributed by atoms with Crippen LogP contribution in [-0.4, -0.2) is 25.5 Å². The van der Waals surface area contributed by atoms with E-state index >= 15 is 0 Å². The molecule has 1 aliphatic rings. The minimum atomic E-state index is -0.334. The van der Waals surface area contributed by atoms with Crippen LogP contribution in [0.4, 0.5) is 10.1 Å². The molecule has 4 nitrogen and oxygen atoms in total. The van der Waals surface area contributed by atoms with Gasteiger partial charge in [-0.1, -0.05) is 6.07 Å². The van der Waals surface area contributed by atoms with Crippen molar-refractivity contribution in [2.45, 2.75) is 31.8 Å². The van der Waals surface area contributed by atoms with Gasteiger partial charge < -0.3 is 16.0 Å². The molecule has 5 heteroatoms. The number of benzene rings is 1. The van der Waals surface area contributed by atoms with Gasteiger partial charge in [-0.3, -0.25) is 4.79 Å². The second-order valence-electron chi connectivity index (χ2n) is 4.88. The number of carbonyl (C=O) groups is 1. The fourth-order valence-corrected chi connectivity index (χ4v) is 2.68. The number of nitrogens with two attached hydrogens (primary N) is 1. The molecular weight excluding hydrogens is 245 g/mol. The van der Waals surface area contributed by atoms with Crippen LogP contribution in [0.5, 0.6) is 0 Å². The third kappa shape index (κ3) is 2.87. The SMILES string of the molecule is CNCc1c(F)cccc1N1CCCCC1C(N)=O. The number of rotatable bonds is 4. The lowest BCUT2D eigenvalue weighted by molar-refractivity contribution is -0.119. The van der Waals surface area contributed by atoms with E-state index in [1.165, 1.54) is 6.07 Å². The number of nitrogens with one attached hydrogen (secondary N) is 1. The van der Waals surface area contributed by atoms with Crippen LogP contribution in [0.2, 0.25) is 0 Å². The monoisotopic (exact) mass is 265 g/mol. The molecule has 1 amide bonds. The fraction of sp³-hybridized carbons (Fsp3) is 0.500. The first kappa shape index (κ1) is 13.8. The maximum atomic E-state index is 13.9. The molecule has 0 radical (unpaired) electrons. The lowest BCUT2D eigenvalue weighted by Crippen LogP contribution is -2.48. The van der Waals surface area contributed by atoms with Gasteiger partial charge in [0.05, 0.1) is 0 Å². The highest BCUT2D eigenvalue weighted by molar-refractivity contribution is 5.84. The van der Waals surface area contributed by atoms with Gasteiger partial charge in [0.2, 0.25) is 5.91 Å². The number of primary amides is 1. The lowest BCUT2D eigenvalue weighted by atomic mass is 9.99. The summed E-state index contributed by atoms with van der Waals surface area (Å²) in [7, 11) is 1.78. The van der Waals surface area contributed by atoms with Gasteiger partial charge in [-0.15, -0.1) is 0 Å². The molecule has 0 bridgehead atoms. The summed E-state index contributed by atoms with van der Waals surface area (Å²) in [4.78, 5) is 13.5. The number of halogens is 1. The van der Waals surface area contributed by atoms with Gasteiger partial charge in [0, 0.05) is 24.3 Å². The molecule has 1 unspecified atom stereocenters. The van der Waals surface area contributed by atoms with Gasteiger partial charge in [-0.05, 0) is 38.4 Å². The average molecular weight is 265 g/mol. The van der Waals surface area contributed by atoms with Crippen molar-refractivity contribution in [1.29, 1.82) is 0 Å². The number of anilines is 1. The van der Waals surface area contributed by atoms with Crippen LogP contribution in [0.3, 0.4) is 0 Å². The van der Waals surface area contributed by atoms with Crippen molar-refractivity contribution < 1.29 is 9.18 Å². The van der Waals surface area contributed by atoms with E-state index in [0.29, 0.717) is 12.1 Å². The van der Waals surface area contributed by atoms with Crippen LogP contribution in [0.25, 0.3) is 0 Å². The Morgan fingerprint density at radius 2 is 2.32 bits per heavy atom. The van der Waals surface area contributed by atoms with Gasteiger partial charge >= 0.3 is 0 Å². The van der Waals surface area contributed by atoms with Gasteiger partial charge in [-0.2, -0.15) is 0 Å². The van der Waals surface area contributed by atoms with E-state index in [4.69, 9.17) is 5.73 Å². The van der Waals surface area contributed by atoms with Gasteiger partial charge in [0.25, 0.3) is 0 Å². The van der Waals surface area contributed by atoms with E-state index in [1.807, 2.05) is 11.0 Å². The van der Waals surface area contributed by atoms with Crippen LogP contribution < -0.4 is 16.0 Å². The van der Waals surface area contributed by atoms with Crippen LogP contribution >= 0.6 is 0 Å². The topological polar surface area (TPSA) is 58.4 Å². The predicted octanol–water partition coefficient (Wildman–Crippen LogP) is 1.39. The van der Waals surface area contributed by atoms with Crippen molar-refractivity contribution in [3.05, 3.63) is 29.6 Å². The largest absolute Gasteiger partial charge is 0.368 e. The zero-order valence-corrected chi connectivity index (χ0v) is 11.2. The summed E-state index contributed by atoms with van der Waals surface area (Å²) in [6.07, 6.45) is 2.73. The zero-order chi connectivity index (χ0) is 13.8. The fourth-order valence-electron chi connectivity index (χ4n) is 2.68. The van der Waals surface area contributed by atoms with Crippen molar-refractivity contribution >= 4 is 11.6 Å². The minimum Gasteiger partial charge on any atom is -0.368 e. The molecule has 0 saturated carbocycles. The molecular formula is C14H20FN3O. The summed E-state index contributed by atoms with van der Waals surface area (Å²) in [5.41, 5.74) is 6.84. The molecule has 3 N–H and O–H groups in total. The Hall–Kier alpha value is -1.62. The van der Waals surface area contributed by atoms with Crippen LogP contribution in [-0.2, 0) is 11.3 Å². The number of carbonyl (C=O) groups excluding carboxylic acids is 1. The Labute approximate surface area is 112 Å². The molecule has 0 spiro atoms. The normalized spacial score (nSPS) is 19.5. The number of hydrogen-bond acceptors (Lipinski definition) is 3. The maximum absolute atomic E-state index is 13.9. The quantitative estimate of drug-likeness (QED) is 0.865. The van der Waals surface area contributed by atoms with Crippen LogP contribution in [0.1, 0.15) is 24.8 Å². The first-order chi connectivity index (χ1) is 9.15. The number of amides is 1. The summed E-state index contributed by atoms with van der Waals surface area (Å²) >= 11 is 0. The lowest BCUT2D eigenvalue weighted by Gasteiger charge is -2.36. The Morgan fingerprint density at radius 1 is 1.53 bits per heavy atom. The van der Waals surface area contributed by atoms with Crippen molar-refractivity contribution in [1.82, 2.24) is 5.32 Å². The molecule has 19 heavy (non-hydrogen) atoms. The molecule has 1 aromatic carbocycles. The summed E-state index contributed by atoms with van der Waals surface area (Å²) in [5, 5.41) is 2.97. The predicted molar refractivity (Wildman–Crippen MR) is 73.3 cm³/mol. The molecule has 1 saturated heterocycles. The second kappa shape index (κ2) is 6.02. The highest BCUT2D eigenvalue weighted by Crippen LogP contribution is 2.29. The number of nitrogens with zero attached hydrogens (tertiary/aromatic N) is 1. The summed E-state index contributed by atoms with van der Waals surface area (Å²) in [6, 6.07) is 4.65. The third-order valence-corrected chi connectivity index (χ3v) is 3.59. The summed E-state index contributed by atoms with van der Waals surface area (Å²) in [6.45, 7) is 1.18. The van der Waals surface area contributed by atoms with Crippen LogP contribution in [0, 0.1) is 5.82 Å². The van der Waals surface area contributed by atoms with Crippen molar-refractivity contribution in [2.75, 3.05) is 18.5 Å². The summed E-state index contributed by atoms with van der Waals surface area (Å²) < 4.78 is 13.9. The van der Waals surface area contributed by atoms with Crippen molar-refractivity contribution in [2.24, 2.45) is 5.73 Å². The molecule has 1 aliphatic heterocycles. The molecule has 2 rings (SSSR count). The molecule has 1 atom stereocenters. The first-order valence-electron chi connectivity index (χ1n) is 6.63. The van der Waals surface area contributed by atoms with E-state index < -0.39 is 0 Å². The Kier molecular flexibility index (Phi) is 4.37. The standard InChI is InChI=1S/C14H20FN3O/c1-17-9-10-11(15)5-4-7-12(10)18-8-3-2-6-13(18)14(16)19/h4-5,7,13,17H,2-3,6,8-9H2,1H3,(H2,16,19). The van der Waals surface area contributed by atoms with E-state index in [9.17, 15) is 9.18 Å². The molecule has 1 fully saturated rings. The molecule has 1 aromatic rings. The number of hydrogen-bond donors (Lipinski definition) is 2. The van der Waals surface area contributed by atoms with Crippen LogP contribution in [0.15, 0.2) is 18.2 Å². The first-order valence-corrected chi connectivity index (χ1v) is 6.63. The van der Waals surface area contributed by atoms with E-state index in [1.54, 1.807) is 13.1 Å².